The standard InChI is InChI=1S/C9H4N4O/c14-8-3-5-1-2-7-6(4-10-11-7)9(5)13-12-8/h1-4H. The van der Waals surface area contributed by atoms with Crippen molar-refractivity contribution in [3.63, 3.8) is 0 Å². The molecule has 0 radical (unpaired) electrons. The summed E-state index contributed by atoms with van der Waals surface area (Å²) in [7, 11) is 0. The van der Waals surface area contributed by atoms with Crippen LogP contribution in [0.1, 0.15) is 5.56 Å². The lowest BCUT2D eigenvalue weighted by atomic mass is 10.1. The quantitative estimate of drug-likeness (QED) is 0.562. The van der Waals surface area contributed by atoms with Crippen LogP contribution in [0.25, 0.3) is 6.08 Å². The fraction of sp³-hybridized carbons (Fsp3) is 0. The van der Waals surface area contributed by atoms with Gasteiger partial charge in [-0.05, 0) is 6.07 Å². The van der Waals surface area contributed by atoms with Crippen molar-refractivity contribution in [3.8, 4) is 0 Å². The Morgan fingerprint density at radius 2 is 2.07 bits per heavy atom. The van der Waals surface area contributed by atoms with Gasteiger partial charge >= 0.3 is 0 Å². The maximum absolute atomic E-state index is 11.0. The van der Waals surface area contributed by atoms with Gasteiger partial charge in [-0.25, -0.2) is 0 Å². The number of benzene rings is 1. The largest absolute Gasteiger partial charge is 0.288 e. The van der Waals surface area contributed by atoms with E-state index in [1.165, 1.54) is 6.08 Å². The Bertz CT molecular complexity index is 612. The first-order valence-electron chi connectivity index (χ1n) is 4.06. The van der Waals surface area contributed by atoms with Gasteiger partial charge in [-0.2, -0.15) is 10.2 Å². The highest BCUT2D eigenvalue weighted by Crippen LogP contribution is 2.13. The van der Waals surface area contributed by atoms with Crippen molar-refractivity contribution in [1.82, 2.24) is 0 Å². The molecule has 0 bridgehead atoms. The van der Waals surface area contributed by atoms with Crippen molar-refractivity contribution in [1.29, 1.82) is 0 Å². The van der Waals surface area contributed by atoms with Crippen molar-refractivity contribution in [2.75, 3.05) is 0 Å². The van der Waals surface area contributed by atoms with E-state index in [1.807, 2.05) is 6.07 Å². The number of azo groups is 1. The van der Waals surface area contributed by atoms with E-state index in [2.05, 4.69) is 20.4 Å². The zero-order valence-corrected chi connectivity index (χ0v) is 7.01. The van der Waals surface area contributed by atoms with Crippen molar-refractivity contribution >= 4 is 23.9 Å². The molecule has 0 fully saturated rings. The Labute approximate surface area is 78.2 Å². The van der Waals surface area contributed by atoms with Crippen molar-refractivity contribution in [3.05, 3.63) is 28.3 Å². The highest BCUT2D eigenvalue weighted by atomic mass is 16.1. The van der Waals surface area contributed by atoms with Gasteiger partial charge in [0.25, 0.3) is 5.91 Å². The molecule has 3 rings (SSSR count). The number of nitrogens with zero attached hydrogens (tertiary/aromatic N) is 4. The highest BCUT2D eigenvalue weighted by molar-refractivity contribution is 6.06. The van der Waals surface area contributed by atoms with Crippen LogP contribution in [-0.2, 0) is 4.79 Å². The molecule has 14 heavy (non-hydrogen) atoms. The van der Waals surface area contributed by atoms with E-state index >= 15 is 0 Å². The predicted molar refractivity (Wildman–Crippen MR) is 48.8 cm³/mol. The molecule has 5 heteroatoms. The normalized spacial score (nSPS) is 15.9. The molecule has 0 unspecified atom stereocenters. The van der Waals surface area contributed by atoms with Crippen LogP contribution in [0.2, 0.25) is 0 Å². The first-order chi connectivity index (χ1) is 6.84. The monoisotopic (exact) mass is 184 g/mol. The molecule has 1 aromatic rings. The summed E-state index contributed by atoms with van der Waals surface area (Å²) >= 11 is 0. The summed E-state index contributed by atoms with van der Waals surface area (Å²) in [5, 5.41) is 16.5. The second-order valence-corrected chi connectivity index (χ2v) is 2.96. The summed E-state index contributed by atoms with van der Waals surface area (Å²) in [4.78, 5) is 11.0. The fourth-order valence-corrected chi connectivity index (χ4v) is 1.47. The zero-order valence-electron chi connectivity index (χ0n) is 7.01. The minimum absolute atomic E-state index is 0.329. The Hall–Kier alpha value is -2.17. The molecular formula is C9H4N4O. The molecule has 0 saturated carbocycles. The summed E-state index contributed by atoms with van der Waals surface area (Å²) in [5.41, 5.74) is 1.50. The lowest BCUT2D eigenvalue weighted by Gasteiger charge is -2.00. The van der Waals surface area contributed by atoms with Gasteiger partial charge in [0.15, 0.2) is 0 Å². The average molecular weight is 184 g/mol. The van der Waals surface area contributed by atoms with E-state index in [0.717, 1.165) is 16.1 Å². The summed E-state index contributed by atoms with van der Waals surface area (Å²) in [5.74, 6) is -0.329. The molecule has 2 heterocycles. The number of carbonyl (C=O) groups is 1. The number of fused-ring (bicyclic) bond motifs is 3. The van der Waals surface area contributed by atoms with E-state index in [0.29, 0.717) is 5.69 Å². The van der Waals surface area contributed by atoms with Crippen LogP contribution in [0.3, 0.4) is 0 Å². The van der Waals surface area contributed by atoms with Crippen molar-refractivity contribution in [2.24, 2.45) is 20.4 Å². The topological polar surface area (TPSA) is 66.5 Å². The Morgan fingerprint density at radius 1 is 1.14 bits per heavy atom. The number of hydrogen-bond acceptors (Lipinski definition) is 4. The van der Waals surface area contributed by atoms with Crippen molar-refractivity contribution < 1.29 is 4.79 Å². The SMILES string of the molecule is O=C1C=c2ccc3c(c2N=N1)C=NN=3. The molecule has 0 saturated heterocycles. The second kappa shape index (κ2) is 2.41. The lowest BCUT2D eigenvalue weighted by Crippen LogP contribution is -2.16. The van der Waals surface area contributed by atoms with Gasteiger partial charge in [-0.1, -0.05) is 6.07 Å². The summed E-state index contributed by atoms with van der Waals surface area (Å²) in [6.07, 6.45) is 3.07. The molecule has 0 aliphatic carbocycles. The van der Waals surface area contributed by atoms with E-state index < -0.39 is 0 Å². The number of amides is 1. The summed E-state index contributed by atoms with van der Waals surface area (Å²) in [6, 6.07) is 3.61. The number of hydrogen-bond donors (Lipinski definition) is 0. The molecule has 66 valence electrons. The summed E-state index contributed by atoms with van der Waals surface area (Å²) < 4.78 is 0. The third kappa shape index (κ3) is 0.861. The third-order valence-corrected chi connectivity index (χ3v) is 2.11. The molecule has 0 aromatic heterocycles. The smallest absolute Gasteiger partial charge is 0.266 e. The molecule has 0 N–H and O–H groups in total. The maximum Gasteiger partial charge on any atom is 0.288 e. The zero-order chi connectivity index (χ0) is 9.54. The lowest BCUT2D eigenvalue weighted by molar-refractivity contribution is -0.112. The first kappa shape index (κ1) is 7.25. The minimum Gasteiger partial charge on any atom is -0.266 e. The van der Waals surface area contributed by atoms with E-state index in [9.17, 15) is 4.79 Å². The fourth-order valence-electron chi connectivity index (χ4n) is 1.47. The van der Waals surface area contributed by atoms with E-state index in [4.69, 9.17) is 0 Å². The third-order valence-electron chi connectivity index (χ3n) is 2.11. The molecule has 2 aliphatic rings. The van der Waals surface area contributed by atoms with Gasteiger partial charge < -0.3 is 0 Å². The Balaban J connectivity index is 2.48. The van der Waals surface area contributed by atoms with Crippen molar-refractivity contribution in [2.45, 2.75) is 0 Å². The summed E-state index contributed by atoms with van der Waals surface area (Å²) in [6.45, 7) is 0. The average Bonchev–Trinajstić information content (AvgIpc) is 2.65. The van der Waals surface area contributed by atoms with Gasteiger partial charge in [-0.15, -0.1) is 10.2 Å². The van der Waals surface area contributed by atoms with Crippen LogP contribution in [0.5, 0.6) is 0 Å². The van der Waals surface area contributed by atoms with Gasteiger partial charge in [-0.3, -0.25) is 4.79 Å². The van der Waals surface area contributed by atoms with E-state index in [1.54, 1.807) is 12.3 Å². The van der Waals surface area contributed by atoms with Crippen LogP contribution < -0.4 is 10.6 Å². The Morgan fingerprint density at radius 3 is 3.00 bits per heavy atom. The predicted octanol–water partition coefficient (Wildman–Crippen LogP) is 0.0581. The molecule has 2 aliphatic heterocycles. The molecule has 0 atom stereocenters. The minimum atomic E-state index is -0.329. The van der Waals surface area contributed by atoms with Crippen LogP contribution in [0.4, 0.5) is 5.69 Å². The van der Waals surface area contributed by atoms with Gasteiger partial charge in [0.05, 0.1) is 17.1 Å². The van der Waals surface area contributed by atoms with Crippen LogP contribution in [0, 0.1) is 0 Å². The van der Waals surface area contributed by atoms with Crippen LogP contribution in [-0.4, -0.2) is 12.1 Å². The number of rotatable bonds is 0. The molecule has 5 nitrogen and oxygen atoms in total. The van der Waals surface area contributed by atoms with Crippen LogP contribution in [0.15, 0.2) is 32.6 Å². The molecule has 1 aromatic carbocycles. The second-order valence-electron chi connectivity index (χ2n) is 2.96. The highest BCUT2D eigenvalue weighted by Gasteiger charge is 2.12. The molecular weight excluding hydrogens is 180 g/mol. The number of carbonyl (C=O) groups excluding carboxylic acids is 1. The van der Waals surface area contributed by atoms with Gasteiger partial charge in [0.2, 0.25) is 0 Å². The van der Waals surface area contributed by atoms with E-state index in [-0.39, 0.29) is 5.91 Å². The Kier molecular flexibility index (Phi) is 1.25. The molecule has 0 spiro atoms. The van der Waals surface area contributed by atoms with Gasteiger partial charge in [0.1, 0.15) is 5.69 Å². The van der Waals surface area contributed by atoms with Crippen LogP contribution >= 0.6 is 0 Å². The first-order valence-corrected chi connectivity index (χ1v) is 4.06. The maximum atomic E-state index is 11.0. The molecule has 1 amide bonds. The van der Waals surface area contributed by atoms with Gasteiger partial charge in [0, 0.05) is 11.3 Å².